The molecule has 1 aliphatic heterocycles. The van der Waals surface area contributed by atoms with E-state index in [2.05, 4.69) is 44.6 Å². The van der Waals surface area contributed by atoms with Gasteiger partial charge in [0.2, 0.25) is 5.75 Å². The first kappa shape index (κ1) is 20.2. The average Bonchev–Trinajstić information content (AvgIpc) is 3.29. The Bertz CT molecular complexity index is 1720. The lowest BCUT2D eigenvalue weighted by Crippen LogP contribution is -2.57. The largest absolute Gasteiger partial charge is 0.882 e. The minimum atomic E-state index is -0.814. The van der Waals surface area contributed by atoms with Crippen molar-refractivity contribution in [3.8, 4) is 17.2 Å². The summed E-state index contributed by atoms with van der Waals surface area (Å²) in [6, 6.07) is 30.3. The monoisotopic (exact) mass is 472 g/mol. The molecule has 165 valence electrons. The molecule has 3 aromatic heterocycles. The van der Waals surface area contributed by atoms with Gasteiger partial charge in [-0.15, -0.1) is 0 Å². The first-order chi connectivity index (χ1) is 17.4. The third-order valence-corrected chi connectivity index (χ3v) is 6.98. The van der Waals surface area contributed by atoms with E-state index in [0.717, 1.165) is 50.0 Å². The molecular formula is C28H19AlN3O3+2. The fraction of sp³-hybridized carbons (Fsp3) is 0.0357. The number of fused-ring (bicyclic) bond motifs is 2. The molecule has 1 aliphatic rings. The molecule has 0 unspecified atom stereocenters. The third-order valence-electron chi connectivity index (χ3n) is 6.28. The lowest BCUT2D eigenvalue weighted by Gasteiger charge is -2.12. The van der Waals surface area contributed by atoms with E-state index in [1.165, 1.54) is 0 Å². The van der Waals surface area contributed by atoms with Gasteiger partial charge >= 0.3 is 22.2 Å². The van der Waals surface area contributed by atoms with Crippen molar-refractivity contribution in [2.45, 2.75) is 6.35 Å². The summed E-state index contributed by atoms with van der Waals surface area (Å²) in [5.41, 5.74) is 2.87. The summed E-state index contributed by atoms with van der Waals surface area (Å²) in [5.74, 6) is 2.34. The highest BCUT2D eigenvalue weighted by Gasteiger charge is 2.42. The number of nitrogens with zero attached hydrogens (tertiary/aromatic N) is 3. The van der Waals surface area contributed by atoms with Crippen LogP contribution in [0.25, 0.3) is 32.7 Å². The van der Waals surface area contributed by atoms with Gasteiger partial charge in [-0.2, -0.15) is 0 Å². The quantitative estimate of drug-likeness (QED) is 0.274. The average molecular weight is 472 g/mol. The Morgan fingerprint density at radius 1 is 0.657 bits per heavy atom. The van der Waals surface area contributed by atoms with Crippen LogP contribution in [0, 0.1) is 0 Å². The van der Waals surface area contributed by atoms with Gasteiger partial charge in [0, 0.05) is 23.7 Å². The summed E-state index contributed by atoms with van der Waals surface area (Å²) in [7, 11) is 0. The van der Waals surface area contributed by atoms with E-state index in [4.69, 9.17) is 12.3 Å². The maximum absolute atomic E-state index is 6.43. The number of pyridine rings is 3. The van der Waals surface area contributed by atoms with Crippen LogP contribution in [0.4, 0.5) is 0 Å². The topological polar surface area (TPSA) is 48.3 Å². The smallest absolute Gasteiger partial charge is 0.614 e. The molecule has 0 amide bonds. The molecular weight excluding hydrogens is 453 g/mol. The van der Waals surface area contributed by atoms with Gasteiger partial charge in [0.1, 0.15) is 11.3 Å². The van der Waals surface area contributed by atoms with E-state index < -0.39 is 15.9 Å². The molecule has 6 aromatic rings. The summed E-state index contributed by atoms with van der Waals surface area (Å²) in [4.78, 5) is 4.47. The molecule has 4 heterocycles. The van der Waals surface area contributed by atoms with E-state index in [1.807, 2.05) is 72.9 Å². The molecule has 7 heteroatoms. The summed E-state index contributed by atoms with van der Waals surface area (Å²) in [6.45, 7) is 0. The maximum atomic E-state index is 6.43. The molecule has 0 fully saturated rings. The Balaban J connectivity index is 1.25. The van der Waals surface area contributed by atoms with Crippen LogP contribution in [0.5, 0.6) is 17.2 Å². The van der Waals surface area contributed by atoms with Crippen LogP contribution in [-0.2, 0) is 0 Å². The SMILES string of the molecule is c1cnc2c([O][Al][O]c3cccc4ccc[n+]([C@@H]5Oc6cccc7ccc[n+]5c67)c34)cccc2c1. The van der Waals surface area contributed by atoms with Crippen LogP contribution in [0.3, 0.4) is 0 Å². The minimum Gasteiger partial charge on any atom is -0.614 e. The molecule has 3 aromatic carbocycles. The molecule has 0 saturated heterocycles. The molecule has 0 spiro atoms. The van der Waals surface area contributed by atoms with Crippen LogP contribution >= 0.6 is 0 Å². The van der Waals surface area contributed by atoms with Crippen molar-refractivity contribution in [1.82, 2.24) is 4.98 Å². The molecule has 6 nitrogen and oxygen atoms in total. The molecule has 0 bridgehead atoms. The molecule has 1 atom stereocenters. The number of ether oxygens (including phenoxy) is 1. The lowest BCUT2D eigenvalue weighted by molar-refractivity contribution is -0.949. The second-order valence-corrected chi connectivity index (χ2v) is 8.99. The fourth-order valence-corrected chi connectivity index (χ4v) is 5.38. The van der Waals surface area contributed by atoms with Crippen molar-refractivity contribution >= 4 is 48.6 Å². The molecule has 0 saturated carbocycles. The second kappa shape index (κ2) is 8.24. The lowest BCUT2D eigenvalue weighted by atomic mass is 10.2. The zero-order chi connectivity index (χ0) is 23.2. The number of aromatic nitrogens is 3. The first-order valence-corrected chi connectivity index (χ1v) is 12.3. The van der Waals surface area contributed by atoms with Gasteiger partial charge in [-0.05, 0) is 48.5 Å². The predicted octanol–water partition coefficient (Wildman–Crippen LogP) is 4.51. The predicted molar refractivity (Wildman–Crippen MR) is 132 cm³/mol. The van der Waals surface area contributed by atoms with Crippen LogP contribution < -0.4 is 21.4 Å². The molecule has 0 aliphatic carbocycles. The van der Waals surface area contributed by atoms with Gasteiger partial charge in [0.25, 0.3) is 11.0 Å². The van der Waals surface area contributed by atoms with E-state index in [-0.39, 0.29) is 6.35 Å². The van der Waals surface area contributed by atoms with Crippen molar-refractivity contribution in [3.63, 3.8) is 0 Å². The van der Waals surface area contributed by atoms with E-state index >= 15 is 0 Å². The van der Waals surface area contributed by atoms with Crippen molar-refractivity contribution < 1.29 is 21.4 Å². The van der Waals surface area contributed by atoms with E-state index in [9.17, 15) is 0 Å². The van der Waals surface area contributed by atoms with Gasteiger partial charge in [-0.1, -0.05) is 39.5 Å². The zero-order valence-corrected chi connectivity index (χ0v) is 19.8. The first-order valence-electron chi connectivity index (χ1n) is 11.4. The Labute approximate surface area is 207 Å². The Morgan fingerprint density at radius 3 is 2.14 bits per heavy atom. The zero-order valence-electron chi connectivity index (χ0n) is 18.6. The highest BCUT2D eigenvalue weighted by atomic mass is 27.2. The summed E-state index contributed by atoms with van der Waals surface area (Å²) in [5, 5.41) is 3.24. The summed E-state index contributed by atoms with van der Waals surface area (Å²) >= 11 is -0.814. The Morgan fingerprint density at radius 2 is 1.29 bits per heavy atom. The van der Waals surface area contributed by atoms with Crippen LogP contribution in [-0.4, -0.2) is 20.9 Å². The van der Waals surface area contributed by atoms with Crippen LogP contribution in [0.1, 0.15) is 6.35 Å². The van der Waals surface area contributed by atoms with Gasteiger partial charge < -0.3 is 12.3 Å². The van der Waals surface area contributed by atoms with Gasteiger partial charge in [-0.25, -0.2) is 0 Å². The van der Waals surface area contributed by atoms with E-state index in [1.54, 1.807) is 6.20 Å². The highest BCUT2D eigenvalue weighted by Crippen LogP contribution is 2.31. The van der Waals surface area contributed by atoms with Crippen molar-refractivity contribution in [2.24, 2.45) is 0 Å². The van der Waals surface area contributed by atoms with E-state index in [0.29, 0.717) is 0 Å². The molecule has 7 rings (SSSR count). The number of hydrogen-bond donors (Lipinski definition) is 0. The number of hydrogen-bond acceptors (Lipinski definition) is 4. The number of para-hydroxylation sites is 3. The van der Waals surface area contributed by atoms with Gasteiger partial charge in [0.05, 0.1) is 10.8 Å². The van der Waals surface area contributed by atoms with Crippen molar-refractivity contribution in [1.29, 1.82) is 0 Å². The minimum absolute atomic E-state index is 0.359. The van der Waals surface area contributed by atoms with Gasteiger partial charge in [0.15, 0.2) is 18.1 Å². The summed E-state index contributed by atoms with van der Waals surface area (Å²) < 4.78 is 23.1. The van der Waals surface area contributed by atoms with Crippen LogP contribution in [0.2, 0.25) is 0 Å². The molecule has 1 radical (unpaired) electrons. The highest BCUT2D eigenvalue weighted by molar-refractivity contribution is 6.21. The molecule has 0 N–H and O–H groups in total. The fourth-order valence-electron chi connectivity index (χ4n) is 4.75. The number of rotatable bonds is 5. The summed E-state index contributed by atoms with van der Waals surface area (Å²) in [6.07, 6.45) is 5.50. The van der Waals surface area contributed by atoms with Crippen LogP contribution in [0.15, 0.2) is 110 Å². The Hall–Kier alpha value is -4.18. The normalized spacial score (nSPS) is 14.2. The standard InChI is InChI=1S/C19H13N2O2.C9H7NO.Al/c22-15-9-1-5-13-7-3-11-20(17(13)15)19-21-12-4-8-14-6-2-10-16(23-19)18(14)21;11-8-5-1-3-7-4-2-6-10-9(7)8;/h1-12,19H;1-6,11H;/q+1;;+2/p-1/t19-;;/m0../s1. The van der Waals surface area contributed by atoms with Gasteiger partial charge in [-0.3, -0.25) is 4.98 Å². The third kappa shape index (κ3) is 3.37. The molecule has 35 heavy (non-hydrogen) atoms. The van der Waals surface area contributed by atoms with Crippen molar-refractivity contribution in [2.75, 3.05) is 0 Å². The van der Waals surface area contributed by atoms with Crippen molar-refractivity contribution in [3.05, 3.63) is 110 Å². The second-order valence-electron chi connectivity index (χ2n) is 8.33. The number of benzene rings is 3. The maximum Gasteiger partial charge on any atom is 0.882 e. The Kier molecular flexibility index (Phi) is 4.76.